The van der Waals surface area contributed by atoms with Gasteiger partial charge >= 0.3 is 12.1 Å². The lowest BCUT2D eigenvalue weighted by atomic mass is 10.1. The third-order valence-corrected chi connectivity index (χ3v) is 5.27. The lowest BCUT2D eigenvalue weighted by Crippen LogP contribution is -2.49. The number of imidazole rings is 1. The molecule has 0 spiro atoms. The van der Waals surface area contributed by atoms with Gasteiger partial charge in [-0.15, -0.1) is 0 Å². The molecule has 31 heavy (non-hydrogen) atoms. The van der Waals surface area contributed by atoms with Crippen LogP contribution in [0.2, 0.25) is 0 Å². The van der Waals surface area contributed by atoms with E-state index >= 15 is 0 Å². The van der Waals surface area contributed by atoms with Gasteiger partial charge in [0.05, 0.1) is 18.5 Å². The fourth-order valence-corrected chi connectivity index (χ4v) is 3.65. The number of piperidine rings is 1. The first-order valence-electron chi connectivity index (χ1n) is 10.5. The molecule has 0 saturated carbocycles. The van der Waals surface area contributed by atoms with E-state index in [9.17, 15) is 9.59 Å². The second-order valence-electron chi connectivity index (χ2n) is 7.44. The second-order valence-corrected chi connectivity index (χ2v) is 7.44. The third-order valence-electron chi connectivity index (χ3n) is 5.27. The first-order valence-corrected chi connectivity index (χ1v) is 10.5. The van der Waals surface area contributed by atoms with Crippen molar-refractivity contribution in [3.63, 3.8) is 0 Å². The molecule has 4 rings (SSSR count). The summed E-state index contributed by atoms with van der Waals surface area (Å²) in [6, 6.07) is 11.5. The molecule has 0 radical (unpaired) electrons. The molecule has 0 atom stereocenters. The van der Waals surface area contributed by atoms with Crippen molar-refractivity contribution in [3.05, 3.63) is 54.4 Å². The monoisotopic (exact) mass is 422 g/mol. The molecule has 0 unspecified atom stereocenters. The van der Waals surface area contributed by atoms with E-state index in [1.54, 1.807) is 22.5 Å². The normalized spacial score (nSPS) is 14.4. The van der Waals surface area contributed by atoms with E-state index in [0.717, 1.165) is 22.5 Å². The third kappa shape index (κ3) is 5.11. The Hall–Kier alpha value is -3.62. The van der Waals surface area contributed by atoms with Crippen molar-refractivity contribution in [3.8, 4) is 11.3 Å². The smallest absolute Gasteiger partial charge is 0.409 e. The van der Waals surface area contributed by atoms with Crippen LogP contribution in [0.1, 0.15) is 25.3 Å². The second kappa shape index (κ2) is 9.46. The molecule has 3 amide bonds. The van der Waals surface area contributed by atoms with E-state index in [-0.39, 0.29) is 18.2 Å². The maximum atomic E-state index is 12.3. The van der Waals surface area contributed by atoms with Crippen LogP contribution in [0.5, 0.6) is 0 Å². The van der Waals surface area contributed by atoms with Crippen molar-refractivity contribution < 1.29 is 14.3 Å². The summed E-state index contributed by atoms with van der Waals surface area (Å²) in [6.45, 7) is 3.74. The van der Waals surface area contributed by atoms with Crippen molar-refractivity contribution in [1.82, 2.24) is 30.1 Å². The van der Waals surface area contributed by atoms with Gasteiger partial charge in [0.15, 0.2) is 5.65 Å². The van der Waals surface area contributed by atoms with Crippen LogP contribution < -0.4 is 10.6 Å². The molecule has 9 heteroatoms. The summed E-state index contributed by atoms with van der Waals surface area (Å²) in [4.78, 5) is 30.4. The van der Waals surface area contributed by atoms with Crippen LogP contribution in [0, 0.1) is 0 Å². The van der Waals surface area contributed by atoms with Gasteiger partial charge in [-0.25, -0.2) is 19.1 Å². The SMILES string of the molecule is CCOC(=O)N1CCC(NC(=O)NCc2cccc(-c3cn4ncccc4n3)c2)CC1. The minimum Gasteiger partial charge on any atom is -0.450 e. The van der Waals surface area contributed by atoms with Gasteiger partial charge in [0, 0.05) is 37.4 Å². The minimum absolute atomic E-state index is 0.0440. The molecule has 2 N–H and O–H groups in total. The van der Waals surface area contributed by atoms with E-state index in [0.29, 0.717) is 39.1 Å². The van der Waals surface area contributed by atoms with Crippen LogP contribution in [-0.4, -0.2) is 57.4 Å². The quantitative estimate of drug-likeness (QED) is 0.659. The van der Waals surface area contributed by atoms with Gasteiger partial charge < -0.3 is 20.3 Å². The molecule has 0 aliphatic carbocycles. The van der Waals surface area contributed by atoms with Crippen molar-refractivity contribution in [2.24, 2.45) is 0 Å². The molecular formula is C22H26N6O3. The van der Waals surface area contributed by atoms with E-state index in [1.807, 2.05) is 42.6 Å². The largest absolute Gasteiger partial charge is 0.450 e. The van der Waals surface area contributed by atoms with Gasteiger partial charge in [-0.3, -0.25) is 0 Å². The number of likely N-dealkylation sites (tertiary alicyclic amines) is 1. The van der Waals surface area contributed by atoms with Crippen molar-refractivity contribution in [2.45, 2.75) is 32.4 Å². The number of ether oxygens (including phenoxy) is 1. The van der Waals surface area contributed by atoms with Gasteiger partial charge in [0.1, 0.15) is 0 Å². The van der Waals surface area contributed by atoms with E-state index in [4.69, 9.17) is 4.74 Å². The highest BCUT2D eigenvalue weighted by molar-refractivity contribution is 5.74. The molecule has 2 aromatic heterocycles. The maximum Gasteiger partial charge on any atom is 0.409 e. The van der Waals surface area contributed by atoms with Crippen molar-refractivity contribution in [2.75, 3.05) is 19.7 Å². The molecule has 0 bridgehead atoms. The Labute approximate surface area is 180 Å². The predicted molar refractivity (Wildman–Crippen MR) is 115 cm³/mol. The van der Waals surface area contributed by atoms with Crippen LogP contribution in [-0.2, 0) is 11.3 Å². The fraction of sp³-hybridized carbons (Fsp3) is 0.364. The highest BCUT2D eigenvalue weighted by Crippen LogP contribution is 2.20. The standard InChI is InChI=1S/C22H26N6O3/c1-2-31-22(30)27-11-8-18(9-12-27)25-21(29)23-14-16-5-3-6-17(13-16)19-15-28-20(26-19)7-4-10-24-28/h3-7,10,13,15,18H,2,8-9,11-12,14H2,1H3,(H2,23,25,29). The number of amides is 3. The van der Waals surface area contributed by atoms with Gasteiger partial charge in [0.2, 0.25) is 0 Å². The summed E-state index contributed by atoms with van der Waals surface area (Å²) in [5.41, 5.74) is 3.57. The molecule has 162 valence electrons. The highest BCUT2D eigenvalue weighted by Gasteiger charge is 2.24. The maximum absolute atomic E-state index is 12.3. The number of nitrogens with one attached hydrogen (secondary N) is 2. The molecule has 3 aromatic rings. The Balaban J connectivity index is 1.28. The van der Waals surface area contributed by atoms with Gasteiger partial charge in [-0.05, 0) is 43.5 Å². The van der Waals surface area contributed by atoms with Gasteiger partial charge in [0.25, 0.3) is 0 Å². The fourth-order valence-electron chi connectivity index (χ4n) is 3.65. The molecule has 3 heterocycles. The van der Waals surface area contributed by atoms with Crippen LogP contribution in [0.3, 0.4) is 0 Å². The predicted octanol–water partition coefficient (Wildman–Crippen LogP) is 2.82. The Morgan fingerprint density at radius 3 is 2.81 bits per heavy atom. The van der Waals surface area contributed by atoms with Gasteiger partial charge in [-0.1, -0.05) is 18.2 Å². The van der Waals surface area contributed by atoms with Gasteiger partial charge in [-0.2, -0.15) is 5.10 Å². The highest BCUT2D eigenvalue weighted by atomic mass is 16.6. The Kier molecular flexibility index (Phi) is 6.30. The number of hydrogen-bond acceptors (Lipinski definition) is 5. The molecule has 1 saturated heterocycles. The molecule has 1 aliphatic heterocycles. The Bertz CT molecular complexity index is 1030. The summed E-state index contributed by atoms with van der Waals surface area (Å²) < 4.78 is 6.76. The zero-order chi connectivity index (χ0) is 21.6. The number of rotatable bonds is 5. The number of carbonyl (C=O) groups is 2. The number of carbonyl (C=O) groups excluding carboxylic acids is 2. The lowest BCUT2D eigenvalue weighted by molar-refractivity contribution is 0.0957. The summed E-state index contributed by atoms with van der Waals surface area (Å²) in [7, 11) is 0. The number of nitrogens with zero attached hydrogens (tertiary/aromatic N) is 4. The molecular weight excluding hydrogens is 396 g/mol. The Morgan fingerprint density at radius 2 is 2.03 bits per heavy atom. The van der Waals surface area contributed by atoms with E-state index < -0.39 is 0 Å². The van der Waals surface area contributed by atoms with E-state index in [2.05, 4.69) is 20.7 Å². The number of benzene rings is 1. The van der Waals surface area contributed by atoms with Crippen LogP contribution in [0.25, 0.3) is 16.9 Å². The van der Waals surface area contributed by atoms with Crippen LogP contribution in [0.4, 0.5) is 9.59 Å². The summed E-state index contributed by atoms with van der Waals surface area (Å²) in [6.07, 6.45) is 4.74. The number of urea groups is 1. The number of fused-ring (bicyclic) bond motifs is 1. The molecule has 1 aliphatic rings. The summed E-state index contributed by atoms with van der Waals surface area (Å²) >= 11 is 0. The first-order chi connectivity index (χ1) is 15.1. The minimum atomic E-state index is -0.285. The average Bonchev–Trinajstić information content (AvgIpc) is 3.23. The van der Waals surface area contributed by atoms with Crippen LogP contribution >= 0.6 is 0 Å². The first kappa shape index (κ1) is 20.6. The number of aromatic nitrogens is 3. The zero-order valence-corrected chi connectivity index (χ0v) is 17.5. The average molecular weight is 422 g/mol. The molecule has 1 fully saturated rings. The molecule has 9 nitrogen and oxygen atoms in total. The lowest BCUT2D eigenvalue weighted by Gasteiger charge is -2.31. The van der Waals surface area contributed by atoms with E-state index in [1.165, 1.54) is 0 Å². The zero-order valence-electron chi connectivity index (χ0n) is 17.5. The summed E-state index contributed by atoms with van der Waals surface area (Å²) in [5.74, 6) is 0. The van der Waals surface area contributed by atoms with Crippen molar-refractivity contribution >= 4 is 17.8 Å². The molecule has 1 aromatic carbocycles. The Morgan fingerprint density at radius 1 is 1.19 bits per heavy atom. The number of hydrogen-bond donors (Lipinski definition) is 2. The summed E-state index contributed by atoms with van der Waals surface area (Å²) in [5, 5.41) is 10.2. The van der Waals surface area contributed by atoms with Crippen molar-refractivity contribution in [1.29, 1.82) is 0 Å². The van der Waals surface area contributed by atoms with Crippen LogP contribution in [0.15, 0.2) is 48.8 Å². The topological polar surface area (TPSA) is 101 Å².